The van der Waals surface area contributed by atoms with E-state index in [1.807, 2.05) is 38.1 Å². The van der Waals surface area contributed by atoms with Gasteiger partial charge in [-0.1, -0.05) is 18.2 Å². The predicted molar refractivity (Wildman–Crippen MR) is 69.6 cm³/mol. The van der Waals surface area contributed by atoms with E-state index in [-0.39, 0.29) is 12.0 Å². The number of benzene rings is 1. The molecule has 3 nitrogen and oxygen atoms in total. The van der Waals surface area contributed by atoms with Crippen molar-refractivity contribution in [1.29, 1.82) is 0 Å². The van der Waals surface area contributed by atoms with Gasteiger partial charge in [0.25, 0.3) is 0 Å². The van der Waals surface area contributed by atoms with E-state index in [0.29, 0.717) is 18.8 Å². The van der Waals surface area contributed by atoms with E-state index >= 15 is 0 Å². The summed E-state index contributed by atoms with van der Waals surface area (Å²) >= 11 is 5.47. The molecular weight excluding hydrogens is 238 g/mol. The van der Waals surface area contributed by atoms with Gasteiger partial charge in [0, 0.05) is 12.3 Å². The molecule has 0 saturated heterocycles. The zero-order valence-corrected chi connectivity index (χ0v) is 11.0. The monoisotopic (exact) mass is 255 g/mol. The molecule has 17 heavy (non-hydrogen) atoms. The van der Waals surface area contributed by atoms with Gasteiger partial charge in [-0.05, 0) is 25.5 Å². The van der Waals surface area contributed by atoms with Gasteiger partial charge in [0.15, 0.2) is 0 Å². The van der Waals surface area contributed by atoms with E-state index < -0.39 is 0 Å². The number of hydrogen-bond donors (Lipinski definition) is 1. The number of hydrogen-bond acceptors (Lipinski definition) is 2. The molecule has 1 amide bonds. The van der Waals surface area contributed by atoms with E-state index in [9.17, 15) is 4.79 Å². The molecule has 1 unspecified atom stereocenters. The first-order chi connectivity index (χ1) is 8.13. The Hall–Kier alpha value is -1.22. The molecule has 0 aliphatic rings. The van der Waals surface area contributed by atoms with Gasteiger partial charge in [0.2, 0.25) is 5.91 Å². The van der Waals surface area contributed by atoms with Gasteiger partial charge in [0.1, 0.15) is 11.9 Å². The Balaban J connectivity index is 2.37. The van der Waals surface area contributed by atoms with E-state index in [4.69, 9.17) is 16.3 Å². The van der Waals surface area contributed by atoms with Crippen molar-refractivity contribution in [2.75, 3.05) is 12.4 Å². The van der Waals surface area contributed by atoms with Gasteiger partial charge in [0.05, 0.1) is 6.54 Å². The average Bonchev–Trinajstić information content (AvgIpc) is 2.30. The maximum atomic E-state index is 11.2. The van der Waals surface area contributed by atoms with E-state index in [1.54, 1.807) is 0 Å². The van der Waals surface area contributed by atoms with Crippen LogP contribution < -0.4 is 10.1 Å². The highest BCUT2D eigenvalue weighted by Crippen LogP contribution is 2.17. The lowest BCUT2D eigenvalue weighted by atomic mass is 10.2. The van der Waals surface area contributed by atoms with Crippen LogP contribution in [0.3, 0.4) is 0 Å². The lowest BCUT2D eigenvalue weighted by molar-refractivity contribution is -0.121. The van der Waals surface area contributed by atoms with Crippen LogP contribution in [-0.2, 0) is 4.79 Å². The third kappa shape index (κ3) is 5.09. The summed E-state index contributed by atoms with van der Waals surface area (Å²) in [6.45, 7) is 4.41. The summed E-state index contributed by atoms with van der Waals surface area (Å²) in [6.07, 6.45) is 0.286. The number of ether oxygens (including phenoxy) is 1. The number of aryl methyl sites for hydroxylation is 1. The van der Waals surface area contributed by atoms with Crippen molar-refractivity contribution in [3.8, 4) is 5.75 Å². The highest BCUT2D eigenvalue weighted by atomic mass is 35.5. The summed E-state index contributed by atoms with van der Waals surface area (Å²) in [4.78, 5) is 11.2. The zero-order chi connectivity index (χ0) is 12.7. The number of rotatable bonds is 6. The molecular formula is C13H18ClNO2. The minimum Gasteiger partial charge on any atom is -0.489 e. The topological polar surface area (TPSA) is 38.3 Å². The molecule has 0 aliphatic heterocycles. The number of nitrogens with one attached hydrogen (secondary N) is 1. The van der Waals surface area contributed by atoms with Crippen molar-refractivity contribution in [2.24, 2.45) is 0 Å². The van der Waals surface area contributed by atoms with Crippen LogP contribution in [0.25, 0.3) is 0 Å². The normalized spacial score (nSPS) is 11.9. The molecule has 0 radical (unpaired) electrons. The molecule has 94 valence electrons. The summed E-state index contributed by atoms with van der Waals surface area (Å²) in [5.74, 6) is 1.16. The molecule has 1 rings (SSSR count). The average molecular weight is 256 g/mol. The van der Waals surface area contributed by atoms with Crippen molar-refractivity contribution < 1.29 is 9.53 Å². The molecule has 1 N–H and O–H groups in total. The van der Waals surface area contributed by atoms with Gasteiger partial charge < -0.3 is 10.1 Å². The Bertz CT molecular complexity index is 368. The molecule has 0 aliphatic carbocycles. The molecule has 0 bridgehead atoms. The fourth-order valence-corrected chi connectivity index (χ4v) is 1.55. The largest absolute Gasteiger partial charge is 0.489 e. The molecule has 0 saturated carbocycles. The van der Waals surface area contributed by atoms with Crippen molar-refractivity contribution in [3.05, 3.63) is 29.8 Å². The highest BCUT2D eigenvalue weighted by Gasteiger charge is 2.07. The second-order valence-electron chi connectivity index (χ2n) is 3.94. The third-order valence-corrected chi connectivity index (χ3v) is 2.52. The Morgan fingerprint density at radius 1 is 1.47 bits per heavy atom. The van der Waals surface area contributed by atoms with Crippen molar-refractivity contribution in [1.82, 2.24) is 5.32 Å². The third-order valence-electron chi connectivity index (χ3n) is 2.33. The minimum absolute atomic E-state index is 0.0415. The molecule has 0 spiro atoms. The van der Waals surface area contributed by atoms with Gasteiger partial charge in [-0.15, -0.1) is 11.6 Å². The van der Waals surface area contributed by atoms with Crippen LogP contribution in [0, 0.1) is 6.92 Å². The number of carbonyl (C=O) groups is 1. The zero-order valence-electron chi connectivity index (χ0n) is 10.2. The van der Waals surface area contributed by atoms with Gasteiger partial charge >= 0.3 is 0 Å². The van der Waals surface area contributed by atoms with Crippen molar-refractivity contribution in [3.63, 3.8) is 0 Å². The number of para-hydroxylation sites is 1. The standard InChI is InChI=1S/C13H18ClNO2/c1-10-5-3-4-6-12(10)17-11(2)9-15-13(16)7-8-14/h3-6,11H,7-9H2,1-2H3,(H,15,16). The van der Waals surface area contributed by atoms with Crippen LogP contribution in [-0.4, -0.2) is 24.4 Å². The molecule has 1 aromatic carbocycles. The summed E-state index contributed by atoms with van der Waals surface area (Å²) in [5, 5.41) is 2.77. The smallest absolute Gasteiger partial charge is 0.221 e. The molecule has 1 aromatic rings. The lowest BCUT2D eigenvalue weighted by Crippen LogP contribution is -2.33. The van der Waals surface area contributed by atoms with Crippen LogP contribution in [0.4, 0.5) is 0 Å². The van der Waals surface area contributed by atoms with E-state index in [1.165, 1.54) is 0 Å². The predicted octanol–water partition coefficient (Wildman–Crippen LogP) is 2.51. The number of alkyl halides is 1. The van der Waals surface area contributed by atoms with Gasteiger partial charge in [-0.3, -0.25) is 4.79 Å². The van der Waals surface area contributed by atoms with E-state index in [2.05, 4.69) is 5.32 Å². The quantitative estimate of drug-likeness (QED) is 0.794. The van der Waals surface area contributed by atoms with E-state index in [0.717, 1.165) is 11.3 Å². The van der Waals surface area contributed by atoms with Crippen LogP contribution in [0.2, 0.25) is 0 Å². The highest BCUT2D eigenvalue weighted by molar-refractivity contribution is 6.18. The SMILES string of the molecule is Cc1ccccc1OC(C)CNC(=O)CCCl. The Morgan fingerprint density at radius 3 is 2.82 bits per heavy atom. The maximum absolute atomic E-state index is 11.2. The first-order valence-corrected chi connectivity index (χ1v) is 6.22. The van der Waals surface area contributed by atoms with Crippen LogP contribution in [0.1, 0.15) is 18.9 Å². The van der Waals surface area contributed by atoms with Crippen LogP contribution >= 0.6 is 11.6 Å². The molecule has 4 heteroatoms. The molecule has 1 atom stereocenters. The molecule has 0 fully saturated rings. The van der Waals surface area contributed by atoms with Crippen LogP contribution in [0.5, 0.6) is 5.75 Å². The second kappa shape index (κ2) is 7.17. The summed E-state index contributed by atoms with van der Waals surface area (Å²) in [5.41, 5.74) is 1.09. The summed E-state index contributed by atoms with van der Waals surface area (Å²) in [6, 6.07) is 7.82. The minimum atomic E-state index is -0.0598. The summed E-state index contributed by atoms with van der Waals surface area (Å²) in [7, 11) is 0. The fourth-order valence-electron chi connectivity index (χ4n) is 1.38. The maximum Gasteiger partial charge on any atom is 0.221 e. The molecule has 0 aromatic heterocycles. The van der Waals surface area contributed by atoms with Crippen LogP contribution in [0.15, 0.2) is 24.3 Å². The van der Waals surface area contributed by atoms with Gasteiger partial charge in [-0.2, -0.15) is 0 Å². The van der Waals surface area contributed by atoms with Crippen molar-refractivity contribution >= 4 is 17.5 Å². The number of amides is 1. The fraction of sp³-hybridized carbons (Fsp3) is 0.462. The Morgan fingerprint density at radius 2 is 2.18 bits per heavy atom. The summed E-state index contributed by atoms with van der Waals surface area (Å²) < 4.78 is 5.73. The number of halogens is 1. The Kier molecular flexibility index (Phi) is 5.84. The first kappa shape index (κ1) is 13.8. The first-order valence-electron chi connectivity index (χ1n) is 5.68. The van der Waals surface area contributed by atoms with Crippen molar-refractivity contribution in [2.45, 2.75) is 26.4 Å². The van der Waals surface area contributed by atoms with Gasteiger partial charge in [-0.25, -0.2) is 0 Å². The lowest BCUT2D eigenvalue weighted by Gasteiger charge is -2.16. The Labute approximate surface area is 107 Å². The number of carbonyl (C=O) groups excluding carboxylic acids is 1. The second-order valence-corrected chi connectivity index (χ2v) is 4.31. The molecule has 0 heterocycles.